The van der Waals surface area contributed by atoms with Crippen molar-refractivity contribution in [2.45, 2.75) is 11.3 Å². The number of para-hydroxylation sites is 1. The molecule has 120 valence electrons. The van der Waals surface area contributed by atoms with Gasteiger partial charge in [0.1, 0.15) is 5.82 Å². The molecule has 0 aromatic heterocycles. The Labute approximate surface area is 130 Å². The first-order chi connectivity index (χ1) is 10.8. The Hall–Kier alpha value is -2.55. The van der Waals surface area contributed by atoms with E-state index in [2.05, 4.69) is 0 Å². The fourth-order valence-electron chi connectivity index (χ4n) is 2.59. The van der Waals surface area contributed by atoms with Crippen LogP contribution in [0.25, 0.3) is 0 Å². The van der Waals surface area contributed by atoms with Crippen LogP contribution >= 0.6 is 0 Å². The van der Waals surface area contributed by atoms with E-state index >= 15 is 0 Å². The first-order valence-corrected chi connectivity index (χ1v) is 8.00. The maximum atomic E-state index is 13.7. The number of anilines is 1. The van der Waals surface area contributed by atoms with Crippen molar-refractivity contribution in [3.8, 4) is 0 Å². The fraction of sp³-hybridized carbons (Fsp3) is 0.143. The number of nitro groups is 1. The zero-order valence-electron chi connectivity index (χ0n) is 11.6. The lowest BCUT2D eigenvalue weighted by atomic mass is 10.2. The van der Waals surface area contributed by atoms with E-state index in [0.717, 1.165) is 28.6 Å². The van der Waals surface area contributed by atoms with Crippen LogP contribution in [0.2, 0.25) is 0 Å². The molecule has 0 aliphatic carbocycles. The number of benzene rings is 2. The SMILES string of the molecule is O=[N+]([O-])c1c(F)cccc1S(=O)(=O)N1CCc2cc(F)ccc21. The maximum absolute atomic E-state index is 13.7. The van der Waals surface area contributed by atoms with Crippen LogP contribution in [0.15, 0.2) is 41.3 Å². The van der Waals surface area contributed by atoms with Gasteiger partial charge < -0.3 is 0 Å². The van der Waals surface area contributed by atoms with Gasteiger partial charge in [-0.25, -0.2) is 12.8 Å². The van der Waals surface area contributed by atoms with E-state index in [-0.39, 0.29) is 18.7 Å². The second-order valence-electron chi connectivity index (χ2n) is 4.94. The molecule has 0 fully saturated rings. The average molecular weight is 340 g/mol. The Balaban J connectivity index is 2.16. The number of rotatable bonds is 3. The van der Waals surface area contributed by atoms with Gasteiger partial charge in [0.15, 0.2) is 4.90 Å². The molecule has 1 aliphatic heterocycles. The van der Waals surface area contributed by atoms with E-state index in [0.29, 0.717) is 5.56 Å². The third-order valence-corrected chi connectivity index (χ3v) is 5.44. The molecule has 6 nitrogen and oxygen atoms in total. The minimum Gasteiger partial charge on any atom is -0.266 e. The molecule has 0 saturated carbocycles. The lowest BCUT2D eigenvalue weighted by Gasteiger charge is -2.19. The quantitative estimate of drug-likeness (QED) is 0.635. The number of halogens is 2. The molecule has 9 heteroatoms. The Kier molecular flexibility index (Phi) is 3.52. The van der Waals surface area contributed by atoms with Crippen molar-refractivity contribution in [3.63, 3.8) is 0 Å². The summed E-state index contributed by atoms with van der Waals surface area (Å²) in [5, 5.41) is 11.0. The zero-order valence-corrected chi connectivity index (χ0v) is 12.4. The van der Waals surface area contributed by atoms with Gasteiger partial charge in [0.05, 0.1) is 10.6 Å². The molecule has 0 spiro atoms. The molecular formula is C14H10F2N2O4S. The minimum atomic E-state index is -4.33. The average Bonchev–Trinajstić information content (AvgIpc) is 2.90. The molecule has 2 aromatic rings. The van der Waals surface area contributed by atoms with Gasteiger partial charge in [-0.3, -0.25) is 14.4 Å². The van der Waals surface area contributed by atoms with E-state index in [1.165, 1.54) is 12.1 Å². The van der Waals surface area contributed by atoms with Gasteiger partial charge in [-0.2, -0.15) is 4.39 Å². The van der Waals surface area contributed by atoms with E-state index in [9.17, 15) is 27.3 Å². The number of nitro benzene ring substituents is 1. The number of hydrogen-bond acceptors (Lipinski definition) is 4. The van der Waals surface area contributed by atoms with Gasteiger partial charge in [0.25, 0.3) is 10.0 Å². The highest BCUT2D eigenvalue weighted by molar-refractivity contribution is 7.93. The molecule has 1 aliphatic rings. The number of nitrogens with zero attached hydrogens (tertiary/aromatic N) is 2. The first-order valence-electron chi connectivity index (χ1n) is 6.56. The largest absolute Gasteiger partial charge is 0.325 e. The van der Waals surface area contributed by atoms with Crippen LogP contribution in [0.4, 0.5) is 20.2 Å². The van der Waals surface area contributed by atoms with Crippen LogP contribution in [0.3, 0.4) is 0 Å². The van der Waals surface area contributed by atoms with E-state index in [1.807, 2.05) is 0 Å². The second-order valence-corrected chi connectivity index (χ2v) is 6.77. The number of sulfonamides is 1. The van der Waals surface area contributed by atoms with Crippen LogP contribution in [0.5, 0.6) is 0 Å². The monoisotopic (exact) mass is 340 g/mol. The van der Waals surface area contributed by atoms with Gasteiger partial charge in [-0.15, -0.1) is 0 Å². The smallest absolute Gasteiger partial charge is 0.266 e. The van der Waals surface area contributed by atoms with Crippen molar-refractivity contribution in [2.24, 2.45) is 0 Å². The fourth-order valence-corrected chi connectivity index (χ4v) is 4.26. The van der Waals surface area contributed by atoms with Crippen molar-refractivity contribution in [2.75, 3.05) is 10.8 Å². The molecule has 0 amide bonds. The van der Waals surface area contributed by atoms with Crippen LogP contribution in [0, 0.1) is 21.7 Å². The molecule has 0 radical (unpaired) electrons. The zero-order chi connectivity index (χ0) is 16.8. The topological polar surface area (TPSA) is 80.5 Å². The minimum absolute atomic E-state index is 0.00872. The molecule has 0 bridgehead atoms. The van der Waals surface area contributed by atoms with E-state index in [1.54, 1.807) is 0 Å². The van der Waals surface area contributed by atoms with Gasteiger partial charge in [-0.1, -0.05) is 6.07 Å². The predicted molar refractivity (Wildman–Crippen MR) is 77.7 cm³/mol. The summed E-state index contributed by atoms with van der Waals surface area (Å²) in [4.78, 5) is 9.24. The van der Waals surface area contributed by atoms with Gasteiger partial charge in [0.2, 0.25) is 5.82 Å². The van der Waals surface area contributed by atoms with Gasteiger partial charge in [0, 0.05) is 6.54 Å². The summed E-state index contributed by atoms with van der Waals surface area (Å²) in [7, 11) is -4.33. The maximum Gasteiger partial charge on any atom is 0.325 e. The molecule has 0 unspecified atom stereocenters. The van der Waals surface area contributed by atoms with Gasteiger partial charge >= 0.3 is 5.69 Å². The summed E-state index contributed by atoms with van der Waals surface area (Å²) < 4.78 is 53.3. The lowest BCUT2D eigenvalue weighted by molar-refractivity contribution is -0.390. The predicted octanol–water partition coefficient (Wildman–Crippen LogP) is 2.62. The lowest BCUT2D eigenvalue weighted by Crippen LogP contribution is -2.29. The van der Waals surface area contributed by atoms with Crippen LogP contribution in [-0.2, 0) is 16.4 Å². The third-order valence-electron chi connectivity index (χ3n) is 3.59. The summed E-state index contributed by atoms with van der Waals surface area (Å²) in [5.74, 6) is -1.73. The summed E-state index contributed by atoms with van der Waals surface area (Å²) in [6.07, 6.45) is 0.273. The molecular weight excluding hydrogens is 330 g/mol. The standard InChI is InChI=1S/C14H10F2N2O4S/c15-10-4-5-12-9(8-10)6-7-17(12)23(21,22)13-3-1-2-11(16)14(13)18(19)20/h1-5,8H,6-7H2. The van der Waals surface area contributed by atoms with Crippen LogP contribution < -0.4 is 4.31 Å². The molecule has 0 atom stereocenters. The van der Waals surface area contributed by atoms with E-state index < -0.39 is 37.2 Å². The normalized spacial score (nSPS) is 13.9. The summed E-state index contributed by atoms with van der Waals surface area (Å²) in [5.41, 5.74) is -0.374. The van der Waals surface area contributed by atoms with Crippen LogP contribution in [-0.4, -0.2) is 19.9 Å². The Morgan fingerprint density at radius 3 is 2.61 bits per heavy atom. The van der Waals surface area contributed by atoms with E-state index in [4.69, 9.17) is 0 Å². The Morgan fingerprint density at radius 1 is 1.17 bits per heavy atom. The van der Waals surface area contributed by atoms with Crippen molar-refractivity contribution < 1.29 is 22.1 Å². The van der Waals surface area contributed by atoms with Crippen molar-refractivity contribution in [3.05, 3.63) is 63.7 Å². The van der Waals surface area contributed by atoms with Gasteiger partial charge in [-0.05, 0) is 42.3 Å². The highest BCUT2D eigenvalue weighted by Crippen LogP contribution is 2.36. The Morgan fingerprint density at radius 2 is 1.91 bits per heavy atom. The molecule has 2 aromatic carbocycles. The first kappa shape index (κ1) is 15.3. The highest BCUT2D eigenvalue weighted by Gasteiger charge is 2.37. The Bertz CT molecular complexity index is 915. The molecule has 23 heavy (non-hydrogen) atoms. The number of hydrogen-bond donors (Lipinski definition) is 0. The van der Waals surface area contributed by atoms with Crippen LogP contribution in [0.1, 0.15) is 5.56 Å². The van der Waals surface area contributed by atoms with Crippen molar-refractivity contribution in [1.29, 1.82) is 0 Å². The van der Waals surface area contributed by atoms with Crippen molar-refractivity contribution >= 4 is 21.4 Å². The number of fused-ring (bicyclic) bond motifs is 1. The third kappa shape index (κ3) is 2.42. The summed E-state index contributed by atoms with van der Waals surface area (Å²) >= 11 is 0. The highest BCUT2D eigenvalue weighted by atomic mass is 32.2. The van der Waals surface area contributed by atoms with Crippen molar-refractivity contribution in [1.82, 2.24) is 0 Å². The molecule has 1 heterocycles. The second kappa shape index (κ2) is 5.27. The summed E-state index contributed by atoms with van der Waals surface area (Å²) in [6, 6.07) is 6.51. The molecule has 3 rings (SSSR count). The molecule has 0 N–H and O–H groups in total. The molecule has 0 saturated heterocycles. The summed E-state index contributed by atoms with van der Waals surface area (Å²) in [6.45, 7) is 0.00872.